The van der Waals surface area contributed by atoms with Gasteiger partial charge in [-0.15, -0.1) is 0 Å². The second-order valence-electron chi connectivity index (χ2n) is 6.33. The number of rotatable bonds is 2. The maximum atomic E-state index is 5.97. The Kier molecular flexibility index (Phi) is 3.61. The topological polar surface area (TPSA) is 103 Å². The third-order valence-electron chi connectivity index (χ3n) is 4.49. The molecule has 0 fully saturated rings. The number of nitrogens with two attached hydrogens (primary N) is 2. The summed E-state index contributed by atoms with van der Waals surface area (Å²) in [6.45, 7) is 0. The highest BCUT2D eigenvalue weighted by molar-refractivity contribution is 7.99. The van der Waals surface area contributed by atoms with Crippen LogP contribution in [-0.2, 0) is 6.42 Å². The van der Waals surface area contributed by atoms with Crippen LogP contribution >= 0.6 is 11.8 Å². The van der Waals surface area contributed by atoms with Crippen molar-refractivity contribution in [1.82, 2.24) is 15.0 Å². The van der Waals surface area contributed by atoms with Crippen molar-refractivity contribution >= 4 is 45.9 Å². The van der Waals surface area contributed by atoms with Gasteiger partial charge in [0, 0.05) is 21.9 Å². The molecule has 5 rings (SSSR count). The van der Waals surface area contributed by atoms with Crippen molar-refractivity contribution < 1.29 is 0 Å². The van der Waals surface area contributed by atoms with E-state index < -0.39 is 0 Å². The molecule has 5 N–H and O–H groups in total. The summed E-state index contributed by atoms with van der Waals surface area (Å²) in [5, 5.41) is 3.57. The van der Waals surface area contributed by atoms with E-state index in [4.69, 9.17) is 11.5 Å². The summed E-state index contributed by atoms with van der Waals surface area (Å²) in [5.41, 5.74) is 17.2. The summed E-state index contributed by atoms with van der Waals surface area (Å²) >= 11 is 1.78. The van der Waals surface area contributed by atoms with Crippen molar-refractivity contribution in [3.05, 3.63) is 65.9 Å². The number of para-hydroxylation sites is 2. The van der Waals surface area contributed by atoms with Crippen molar-refractivity contribution in [3.8, 4) is 0 Å². The van der Waals surface area contributed by atoms with Crippen LogP contribution in [0.3, 0.4) is 0 Å². The van der Waals surface area contributed by atoms with E-state index in [0.29, 0.717) is 23.3 Å². The molecule has 1 aliphatic rings. The van der Waals surface area contributed by atoms with Crippen molar-refractivity contribution in [3.63, 3.8) is 0 Å². The lowest BCUT2D eigenvalue weighted by atomic mass is 10.1. The average molecular weight is 372 g/mol. The number of benzene rings is 2. The van der Waals surface area contributed by atoms with E-state index in [1.54, 1.807) is 11.8 Å². The van der Waals surface area contributed by atoms with Crippen molar-refractivity contribution in [2.75, 3.05) is 16.8 Å². The molecule has 7 heteroatoms. The molecule has 27 heavy (non-hydrogen) atoms. The van der Waals surface area contributed by atoms with Gasteiger partial charge in [0.05, 0.1) is 16.9 Å². The van der Waals surface area contributed by atoms with Crippen LogP contribution in [0.15, 0.2) is 64.4 Å². The number of anilines is 4. The zero-order valence-electron chi connectivity index (χ0n) is 14.3. The smallest absolute Gasteiger partial charge is 0.222 e. The fourth-order valence-corrected chi connectivity index (χ4v) is 4.30. The SMILES string of the molecule is Nc1nc(N)c2nc(Cc3cccc4c3Nc3ccccc3S4)ccc2n1. The van der Waals surface area contributed by atoms with Crippen molar-refractivity contribution in [2.24, 2.45) is 0 Å². The number of hydrogen-bond donors (Lipinski definition) is 3. The van der Waals surface area contributed by atoms with E-state index >= 15 is 0 Å². The molecule has 0 bridgehead atoms. The Morgan fingerprint density at radius 3 is 2.63 bits per heavy atom. The van der Waals surface area contributed by atoms with Gasteiger partial charge in [-0.3, -0.25) is 0 Å². The fraction of sp³-hybridized carbons (Fsp3) is 0.0500. The summed E-state index contributed by atoms with van der Waals surface area (Å²) in [6, 6.07) is 18.5. The maximum Gasteiger partial charge on any atom is 0.222 e. The van der Waals surface area contributed by atoms with Crippen LogP contribution in [0.25, 0.3) is 11.0 Å². The molecule has 0 amide bonds. The zero-order valence-corrected chi connectivity index (χ0v) is 15.1. The number of hydrogen-bond acceptors (Lipinski definition) is 7. The average Bonchev–Trinajstić information content (AvgIpc) is 2.67. The van der Waals surface area contributed by atoms with E-state index in [0.717, 1.165) is 17.1 Å². The third kappa shape index (κ3) is 2.82. The highest BCUT2D eigenvalue weighted by atomic mass is 32.2. The first-order valence-corrected chi connectivity index (χ1v) is 9.33. The van der Waals surface area contributed by atoms with Gasteiger partial charge in [0.1, 0.15) is 5.52 Å². The van der Waals surface area contributed by atoms with E-state index in [1.807, 2.05) is 18.2 Å². The standard InChI is InChI=1S/C20H16N6S/c21-19-18-14(25-20(22)26-19)9-8-12(23-18)10-11-4-3-7-16-17(11)24-13-5-1-2-6-15(13)27-16/h1-9,24H,10H2,(H4,21,22,25,26). The highest BCUT2D eigenvalue weighted by Gasteiger charge is 2.18. The lowest BCUT2D eigenvalue weighted by molar-refractivity contribution is 1.08. The van der Waals surface area contributed by atoms with Crippen LogP contribution in [0.1, 0.15) is 11.3 Å². The predicted octanol–water partition coefficient (Wildman–Crippen LogP) is 3.99. The Labute approximate surface area is 160 Å². The van der Waals surface area contributed by atoms with Crippen LogP contribution in [-0.4, -0.2) is 15.0 Å². The van der Waals surface area contributed by atoms with Gasteiger partial charge in [-0.05, 0) is 35.9 Å². The maximum absolute atomic E-state index is 5.97. The minimum absolute atomic E-state index is 0.159. The van der Waals surface area contributed by atoms with Gasteiger partial charge in [-0.2, -0.15) is 4.98 Å². The molecule has 0 radical (unpaired) electrons. The Morgan fingerprint density at radius 2 is 1.70 bits per heavy atom. The van der Waals surface area contributed by atoms with E-state index in [9.17, 15) is 0 Å². The predicted molar refractivity (Wildman–Crippen MR) is 109 cm³/mol. The fourth-order valence-electron chi connectivity index (χ4n) is 3.25. The molecular weight excluding hydrogens is 356 g/mol. The number of pyridine rings is 1. The van der Waals surface area contributed by atoms with Gasteiger partial charge in [-0.1, -0.05) is 36.0 Å². The lowest BCUT2D eigenvalue weighted by Gasteiger charge is -2.23. The van der Waals surface area contributed by atoms with Crippen molar-refractivity contribution in [2.45, 2.75) is 16.2 Å². The number of nitrogens with one attached hydrogen (secondary N) is 1. The normalized spacial score (nSPS) is 12.3. The first kappa shape index (κ1) is 15.9. The van der Waals surface area contributed by atoms with Gasteiger partial charge < -0.3 is 16.8 Å². The molecule has 3 heterocycles. The molecule has 2 aromatic heterocycles. The quantitative estimate of drug-likeness (QED) is 0.430. The summed E-state index contributed by atoms with van der Waals surface area (Å²) < 4.78 is 0. The number of nitrogens with zero attached hydrogens (tertiary/aromatic N) is 3. The molecule has 0 spiro atoms. The highest BCUT2D eigenvalue weighted by Crippen LogP contribution is 2.45. The first-order valence-electron chi connectivity index (χ1n) is 8.52. The van der Waals surface area contributed by atoms with E-state index in [1.165, 1.54) is 15.4 Å². The number of fused-ring (bicyclic) bond motifs is 3. The largest absolute Gasteiger partial charge is 0.382 e. The van der Waals surface area contributed by atoms with Crippen LogP contribution in [0.4, 0.5) is 23.1 Å². The molecule has 4 aromatic rings. The first-order chi connectivity index (χ1) is 13.2. The molecular formula is C20H16N6S. The zero-order chi connectivity index (χ0) is 18.4. The van der Waals surface area contributed by atoms with Gasteiger partial charge in [0.2, 0.25) is 5.95 Å². The van der Waals surface area contributed by atoms with Gasteiger partial charge in [0.15, 0.2) is 5.82 Å². The molecule has 0 atom stereocenters. The second kappa shape index (κ2) is 6.14. The summed E-state index contributed by atoms with van der Waals surface area (Å²) in [6.07, 6.45) is 0.679. The molecule has 6 nitrogen and oxygen atoms in total. The number of nitrogen functional groups attached to an aromatic ring is 2. The van der Waals surface area contributed by atoms with Crippen LogP contribution in [0.2, 0.25) is 0 Å². The monoisotopic (exact) mass is 372 g/mol. The van der Waals surface area contributed by atoms with Crippen LogP contribution in [0.5, 0.6) is 0 Å². The van der Waals surface area contributed by atoms with Crippen molar-refractivity contribution in [1.29, 1.82) is 0 Å². The molecule has 0 saturated carbocycles. The molecule has 2 aromatic carbocycles. The van der Waals surface area contributed by atoms with E-state index in [-0.39, 0.29) is 5.95 Å². The molecule has 1 aliphatic heterocycles. The summed E-state index contributed by atoms with van der Waals surface area (Å²) in [7, 11) is 0. The Bertz CT molecular complexity index is 1190. The molecule has 0 saturated heterocycles. The molecule has 0 unspecified atom stereocenters. The summed E-state index contributed by atoms with van der Waals surface area (Å²) in [4.78, 5) is 15.3. The summed E-state index contributed by atoms with van der Waals surface area (Å²) in [5.74, 6) is 0.462. The van der Waals surface area contributed by atoms with Crippen LogP contribution in [0, 0.1) is 0 Å². The second-order valence-corrected chi connectivity index (χ2v) is 7.41. The van der Waals surface area contributed by atoms with E-state index in [2.05, 4.69) is 56.7 Å². The Balaban J connectivity index is 1.53. The third-order valence-corrected chi connectivity index (χ3v) is 5.63. The molecule has 132 valence electrons. The van der Waals surface area contributed by atoms with Crippen LogP contribution < -0.4 is 16.8 Å². The number of aromatic nitrogens is 3. The minimum Gasteiger partial charge on any atom is -0.382 e. The Hall–Kier alpha value is -3.32. The van der Waals surface area contributed by atoms with Gasteiger partial charge in [0.25, 0.3) is 0 Å². The minimum atomic E-state index is 0.159. The van der Waals surface area contributed by atoms with Gasteiger partial charge in [-0.25, -0.2) is 9.97 Å². The Morgan fingerprint density at radius 1 is 0.852 bits per heavy atom. The lowest BCUT2D eigenvalue weighted by Crippen LogP contribution is -2.05. The van der Waals surface area contributed by atoms with Gasteiger partial charge >= 0.3 is 0 Å². The molecule has 0 aliphatic carbocycles.